The van der Waals surface area contributed by atoms with Crippen LogP contribution < -0.4 is 10.5 Å². The van der Waals surface area contributed by atoms with Crippen molar-refractivity contribution in [3.63, 3.8) is 0 Å². The predicted octanol–water partition coefficient (Wildman–Crippen LogP) is 3.60. The third-order valence-corrected chi connectivity index (χ3v) is 2.75. The summed E-state index contributed by atoms with van der Waals surface area (Å²) in [7, 11) is 0. The van der Waals surface area contributed by atoms with Crippen molar-refractivity contribution in [2.24, 2.45) is 5.73 Å². The summed E-state index contributed by atoms with van der Waals surface area (Å²) in [6.07, 6.45) is 0.139. The molecular formula is C16H19NO. The molecule has 0 unspecified atom stereocenters. The van der Waals surface area contributed by atoms with Gasteiger partial charge in [-0.25, -0.2) is 0 Å². The van der Waals surface area contributed by atoms with Crippen molar-refractivity contribution in [3.8, 4) is 16.9 Å². The van der Waals surface area contributed by atoms with E-state index in [-0.39, 0.29) is 6.10 Å². The smallest absolute Gasteiger partial charge is 0.131 e. The van der Waals surface area contributed by atoms with Gasteiger partial charge in [-0.3, -0.25) is 0 Å². The maximum absolute atomic E-state index is 5.94. The predicted molar refractivity (Wildman–Crippen MR) is 75.5 cm³/mol. The molecule has 0 aliphatic rings. The van der Waals surface area contributed by atoms with E-state index in [1.807, 2.05) is 44.2 Å². The molecule has 2 aromatic rings. The molecule has 0 spiro atoms. The van der Waals surface area contributed by atoms with Gasteiger partial charge in [0.2, 0.25) is 0 Å². The minimum absolute atomic E-state index is 0.139. The first-order chi connectivity index (χ1) is 8.72. The second-order valence-electron chi connectivity index (χ2n) is 4.53. The van der Waals surface area contributed by atoms with Crippen LogP contribution in [-0.4, -0.2) is 6.10 Å². The minimum atomic E-state index is 0.139. The molecule has 0 bridgehead atoms. The van der Waals surface area contributed by atoms with Crippen LogP contribution in [0.4, 0.5) is 0 Å². The molecule has 0 atom stereocenters. The summed E-state index contributed by atoms with van der Waals surface area (Å²) in [5.41, 5.74) is 9.10. The Balaban J connectivity index is 2.52. The third kappa shape index (κ3) is 2.71. The Hall–Kier alpha value is -1.80. The number of ether oxygens (including phenoxy) is 1. The molecule has 0 saturated heterocycles. The highest BCUT2D eigenvalue weighted by Crippen LogP contribution is 2.33. The van der Waals surface area contributed by atoms with Gasteiger partial charge in [0, 0.05) is 17.7 Å². The average Bonchev–Trinajstić information content (AvgIpc) is 2.39. The van der Waals surface area contributed by atoms with Crippen LogP contribution in [0.15, 0.2) is 48.5 Å². The lowest BCUT2D eigenvalue weighted by molar-refractivity contribution is 0.241. The highest BCUT2D eigenvalue weighted by molar-refractivity contribution is 5.72. The Kier molecular flexibility index (Phi) is 4.00. The van der Waals surface area contributed by atoms with Crippen LogP contribution in [0, 0.1) is 0 Å². The van der Waals surface area contributed by atoms with Crippen LogP contribution in [-0.2, 0) is 6.54 Å². The van der Waals surface area contributed by atoms with Crippen molar-refractivity contribution in [2.45, 2.75) is 26.5 Å². The van der Waals surface area contributed by atoms with E-state index in [1.165, 1.54) is 0 Å². The zero-order chi connectivity index (χ0) is 13.0. The fourth-order valence-corrected chi connectivity index (χ4v) is 1.97. The molecule has 0 amide bonds. The second kappa shape index (κ2) is 5.69. The fourth-order valence-electron chi connectivity index (χ4n) is 1.97. The number of nitrogens with two attached hydrogens (primary N) is 1. The molecule has 0 aliphatic carbocycles. The van der Waals surface area contributed by atoms with E-state index in [0.29, 0.717) is 6.54 Å². The molecule has 2 nitrogen and oxygen atoms in total. The highest BCUT2D eigenvalue weighted by atomic mass is 16.5. The minimum Gasteiger partial charge on any atom is -0.490 e. The lowest BCUT2D eigenvalue weighted by Crippen LogP contribution is -2.10. The van der Waals surface area contributed by atoms with Crippen molar-refractivity contribution in [1.82, 2.24) is 0 Å². The average molecular weight is 241 g/mol. The summed E-state index contributed by atoms with van der Waals surface area (Å²) in [4.78, 5) is 0. The molecule has 2 aromatic carbocycles. The molecule has 0 saturated carbocycles. The Morgan fingerprint density at radius 2 is 1.72 bits per heavy atom. The molecule has 2 N–H and O–H groups in total. The van der Waals surface area contributed by atoms with E-state index >= 15 is 0 Å². The largest absolute Gasteiger partial charge is 0.490 e. The first-order valence-electron chi connectivity index (χ1n) is 6.26. The third-order valence-electron chi connectivity index (χ3n) is 2.75. The van der Waals surface area contributed by atoms with Gasteiger partial charge < -0.3 is 10.5 Å². The number of rotatable bonds is 4. The summed E-state index contributed by atoms with van der Waals surface area (Å²) < 4.78 is 5.94. The summed E-state index contributed by atoms with van der Waals surface area (Å²) >= 11 is 0. The Morgan fingerprint density at radius 1 is 1.00 bits per heavy atom. The zero-order valence-electron chi connectivity index (χ0n) is 10.9. The molecule has 2 rings (SSSR count). The fraction of sp³-hybridized carbons (Fsp3) is 0.250. The topological polar surface area (TPSA) is 35.2 Å². The SMILES string of the molecule is CC(C)Oc1c(CN)cccc1-c1ccccc1. The van der Waals surface area contributed by atoms with Crippen molar-refractivity contribution in [1.29, 1.82) is 0 Å². The van der Waals surface area contributed by atoms with E-state index < -0.39 is 0 Å². The van der Waals surface area contributed by atoms with Crippen LogP contribution in [0.3, 0.4) is 0 Å². The van der Waals surface area contributed by atoms with E-state index in [1.54, 1.807) is 0 Å². The lowest BCUT2D eigenvalue weighted by Gasteiger charge is -2.17. The molecular weight excluding hydrogens is 222 g/mol. The van der Waals surface area contributed by atoms with E-state index in [2.05, 4.69) is 18.2 Å². The van der Waals surface area contributed by atoms with Crippen LogP contribution in [0.25, 0.3) is 11.1 Å². The van der Waals surface area contributed by atoms with E-state index in [0.717, 1.165) is 22.4 Å². The van der Waals surface area contributed by atoms with Gasteiger partial charge >= 0.3 is 0 Å². The molecule has 0 aromatic heterocycles. The van der Waals surface area contributed by atoms with Gasteiger partial charge in [-0.2, -0.15) is 0 Å². The van der Waals surface area contributed by atoms with Gasteiger partial charge in [0.1, 0.15) is 5.75 Å². The lowest BCUT2D eigenvalue weighted by atomic mass is 10.0. The van der Waals surface area contributed by atoms with Crippen LogP contribution in [0.5, 0.6) is 5.75 Å². The number of hydrogen-bond acceptors (Lipinski definition) is 2. The number of hydrogen-bond donors (Lipinski definition) is 1. The summed E-state index contributed by atoms with van der Waals surface area (Å²) in [5, 5.41) is 0. The number of benzene rings is 2. The van der Waals surface area contributed by atoms with Gasteiger partial charge in [0.15, 0.2) is 0 Å². The quantitative estimate of drug-likeness (QED) is 0.887. The van der Waals surface area contributed by atoms with E-state index in [9.17, 15) is 0 Å². The molecule has 94 valence electrons. The van der Waals surface area contributed by atoms with Crippen molar-refractivity contribution >= 4 is 0 Å². The van der Waals surface area contributed by atoms with Gasteiger partial charge in [-0.15, -0.1) is 0 Å². The van der Waals surface area contributed by atoms with Gasteiger partial charge in [0.25, 0.3) is 0 Å². The van der Waals surface area contributed by atoms with Gasteiger partial charge in [-0.05, 0) is 19.4 Å². The Bertz CT molecular complexity index is 506. The molecule has 0 aliphatic heterocycles. The first kappa shape index (κ1) is 12.7. The van der Waals surface area contributed by atoms with Gasteiger partial charge in [-0.1, -0.05) is 48.5 Å². The Labute approximate surface area is 108 Å². The van der Waals surface area contributed by atoms with Crippen LogP contribution in [0.2, 0.25) is 0 Å². The van der Waals surface area contributed by atoms with Gasteiger partial charge in [0.05, 0.1) is 6.10 Å². The van der Waals surface area contributed by atoms with E-state index in [4.69, 9.17) is 10.5 Å². The maximum Gasteiger partial charge on any atom is 0.131 e. The molecule has 0 heterocycles. The molecule has 0 fully saturated rings. The summed E-state index contributed by atoms with van der Waals surface area (Å²) in [6.45, 7) is 4.55. The van der Waals surface area contributed by atoms with Crippen LogP contribution in [0.1, 0.15) is 19.4 Å². The summed E-state index contributed by atoms with van der Waals surface area (Å²) in [5.74, 6) is 0.904. The maximum atomic E-state index is 5.94. The van der Waals surface area contributed by atoms with Crippen molar-refractivity contribution < 1.29 is 4.74 Å². The Morgan fingerprint density at radius 3 is 2.33 bits per heavy atom. The first-order valence-corrected chi connectivity index (χ1v) is 6.26. The number of para-hydroxylation sites is 1. The zero-order valence-corrected chi connectivity index (χ0v) is 10.9. The van der Waals surface area contributed by atoms with Crippen molar-refractivity contribution in [3.05, 3.63) is 54.1 Å². The highest BCUT2D eigenvalue weighted by Gasteiger charge is 2.11. The standard InChI is InChI=1S/C16H19NO/c1-12(2)18-16-14(11-17)9-6-10-15(16)13-7-4-3-5-8-13/h3-10,12H,11,17H2,1-2H3. The van der Waals surface area contributed by atoms with Crippen molar-refractivity contribution in [2.75, 3.05) is 0 Å². The summed E-state index contributed by atoms with van der Waals surface area (Å²) in [6, 6.07) is 16.4. The molecule has 2 heteroatoms. The normalized spacial score (nSPS) is 10.7. The second-order valence-corrected chi connectivity index (χ2v) is 4.53. The molecule has 18 heavy (non-hydrogen) atoms. The molecule has 0 radical (unpaired) electrons. The monoisotopic (exact) mass is 241 g/mol. The van der Waals surface area contributed by atoms with Crippen LogP contribution >= 0.6 is 0 Å².